The van der Waals surface area contributed by atoms with E-state index in [9.17, 15) is 13.6 Å². The predicted molar refractivity (Wildman–Crippen MR) is 90.0 cm³/mol. The van der Waals surface area contributed by atoms with Crippen LogP contribution in [0, 0.1) is 0 Å². The summed E-state index contributed by atoms with van der Waals surface area (Å²) in [5.74, 6) is 0.116. The highest BCUT2D eigenvalue weighted by atomic mass is 32.1. The first-order valence-electron chi connectivity index (χ1n) is 7.32. The first kappa shape index (κ1) is 16.3. The van der Waals surface area contributed by atoms with E-state index in [1.807, 2.05) is 13.0 Å². The largest absolute Gasteiger partial charge is 0.434 e. The number of benzene rings is 2. The van der Waals surface area contributed by atoms with Gasteiger partial charge in [-0.05, 0) is 42.7 Å². The third kappa shape index (κ3) is 3.07. The smallest absolute Gasteiger partial charge is 0.387 e. The van der Waals surface area contributed by atoms with E-state index in [2.05, 4.69) is 9.11 Å². The van der Waals surface area contributed by atoms with Gasteiger partial charge in [0.1, 0.15) is 5.75 Å². The predicted octanol–water partition coefficient (Wildman–Crippen LogP) is 4.56. The van der Waals surface area contributed by atoms with Crippen molar-refractivity contribution in [2.75, 3.05) is 11.4 Å². The number of halogens is 2. The molecule has 1 heterocycles. The molecule has 0 aliphatic rings. The first-order valence-corrected chi connectivity index (χ1v) is 8.09. The normalized spacial score (nSPS) is 11.0. The van der Waals surface area contributed by atoms with Gasteiger partial charge in [-0.3, -0.25) is 9.69 Å². The molecule has 7 heteroatoms. The second-order valence-electron chi connectivity index (χ2n) is 4.93. The quantitative estimate of drug-likeness (QED) is 0.678. The highest BCUT2D eigenvalue weighted by molar-refractivity contribution is 7.13. The average Bonchev–Trinajstić information content (AvgIpc) is 3.01. The molecule has 0 saturated carbocycles. The molecule has 1 amide bonds. The van der Waals surface area contributed by atoms with Gasteiger partial charge in [-0.1, -0.05) is 24.3 Å². The molecule has 124 valence electrons. The highest BCUT2D eigenvalue weighted by Crippen LogP contribution is 2.37. The molecular formula is C17H14F2N2O2S. The van der Waals surface area contributed by atoms with Crippen LogP contribution in [0.2, 0.25) is 0 Å². The summed E-state index contributed by atoms with van der Waals surface area (Å²) in [6.45, 7) is -0.777. The van der Waals surface area contributed by atoms with Crippen molar-refractivity contribution < 1.29 is 18.3 Å². The standard InChI is InChI=1S/C17H14F2N2O2S/c1-2-21(16(22)11-7-4-3-5-8-11)15-14-12(23-17(18)19)9-6-10-13(14)24-20-15/h3-10,17H,2H2,1H3. The van der Waals surface area contributed by atoms with Gasteiger partial charge >= 0.3 is 6.61 Å². The van der Waals surface area contributed by atoms with Crippen molar-refractivity contribution in [3.63, 3.8) is 0 Å². The van der Waals surface area contributed by atoms with Gasteiger partial charge in [0.15, 0.2) is 5.82 Å². The Balaban J connectivity index is 2.08. The molecule has 1 aromatic heterocycles. The summed E-state index contributed by atoms with van der Waals surface area (Å²) in [7, 11) is 0. The van der Waals surface area contributed by atoms with Crippen LogP contribution in [0.1, 0.15) is 17.3 Å². The molecule has 3 aromatic rings. The van der Waals surface area contributed by atoms with Crippen molar-refractivity contribution in [1.29, 1.82) is 0 Å². The fraction of sp³-hybridized carbons (Fsp3) is 0.176. The van der Waals surface area contributed by atoms with Crippen LogP contribution in [-0.2, 0) is 0 Å². The molecule has 0 unspecified atom stereocenters. The van der Waals surface area contributed by atoms with E-state index in [-0.39, 0.29) is 11.7 Å². The van der Waals surface area contributed by atoms with Crippen LogP contribution in [0.5, 0.6) is 5.75 Å². The number of carbonyl (C=O) groups excluding carboxylic acids is 1. The van der Waals surface area contributed by atoms with Gasteiger partial charge in [0.2, 0.25) is 0 Å². The van der Waals surface area contributed by atoms with Crippen molar-refractivity contribution >= 4 is 33.3 Å². The number of anilines is 1. The van der Waals surface area contributed by atoms with Gasteiger partial charge in [0.05, 0.1) is 10.1 Å². The third-order valence-corrected chi connectivity index (χ3v) is 4.30. The van der Waals surface area contributed by atoms with Crippen LogP contribution in [0.15, 0.2) is 48.5 Å². The summed E-state index contributed by atoms with van der Waals surface area (Å²) >= 11 is 1.14. The molecule has 2 aromatic carbocycles. The molecule has 0 N–H and O–H groups in total. The SMILES string of the molecule is CCN(C(=O)c1ccccc1)c1nsc2cccc(OC(F)F)c12. The molecule has 3 rings (SSSR count). The number of hydrogen-bond donors (Lipinski definition) is 0. The molecule has 0 atom stereocenters. The summed E-state index contributed by atoms with van der Waals surface area (Å²) in [6, 6.07) is 13.6. The van der Waals surface area contributed by atoms with E-state index < -0.39 is 6.61 Å². The van der Waals surface area contributed by atoms with Crippen molar-refractivity contribution in [1.82, 2.24) is 4.37 Å². The minimum absolute atomic E-state index is 0.0190. The molecule has 0 aliphatic heterocycles. The third-order valence-electron chi connectivity index (χ3n) is 3.50. The number of alkyl halides is 2. The van der Waals surface area contributed by atoms with Crippen molar-refractivity contribution in [2.45, 2.75) is 13.5 Å². The zero-order chi connectivity index (χ0) is 17.1. The summed E-state index contributed by atoms with van der Waals surface area (Å²) in [5, 5.41) is 0.425. The Hall–Kier alpha value is -2.54. The van der Waals surface area contributed by atoms with E-state index in [4.69, 9.17) is 0 Å². The summed E-state index contributed by atoms with van der Waals surface area (Å²) in [4.78, 5) is 14.2. The Morgan fingerprint density at radius 2 is 1.96 bits per heavy atom. The molecule has 4 nitrogen and oxygen atoms in total. The Morgan fingerprint density at radius 3 is 2.62 bits per heavy atom. The number of fused-ring (bicyclic) bond motifs is 1. The molecule has 0 spiro atoms. The topological polar surface area (TPSA) is 42.4 Å². The molecule has 24 heavy (non-hydrogen) atoms. The lowest BCUT2D eigenvalue weighted by molar-refractivity contribution is -0.0487. The van der Waals surface area contributed by atoms with E-state index in [0.29, 0.717) is 28.0 Å². The highest BCUT2D eigenvalue weighted by Gasteiger charge is 2.23. The van der Waals surface area contributed by atoms with Crippen LogP contribution in [0.25, 0.3) is 10.1 Å². The lowest BCUT2D eigenvalue weighted by Crippen LogP contribution is -2.31. The summed E-state index contributed by atoms with van der Waals surface area (Å²) in [5.41, 5.74) is 0.507. The van der Waals surface area contributed by atoms with Crippen LogP contribution < -0.4 is 9.64 Å². The minimum atomic E-state index is -2.94. The average molecular weight is 348 g/mol. The first-order chi connectivity index (χ1) is 11.6. The van der Waals surface area contributed by atoms with Crippen LogP contribution in [0.4, 0.5) is 14.6 Å². The van der Waals surface area contributed by atoms with Crippen molar-refractivity contribution in [3.8, 4) is 5.75 Å². The molecule has 0 radical (unpaired) electrons. The molecule has 0 aliphatic carbocycles. The van der Waals surface area contributed by atoms with Gasteiger partial charge in [-0.25, -0.2) is 0 Å². The second kappa shape index (κ2) is 6.92. The Labute approximate surface area is 141 Å². The number of aromatic nitrogens is 1. The van der Waals surface area contributed by atoms with Gasteiger partial charge < -0.3 is 4.74 Å². The van der Waals surface area contributed by atoms with Gasteiger partial charge in [0.25, 0.3) is 5.91 Å². The maximum atomic E-state index is 12.8. The number of ether oxygens (including phenoxy) is 1. The molecule has 0 bridgehead atoms. The summed E-state index contributed by atoms with van der Waals surface area (Å²) in [6.07, 6.45) is 0. The van der Waals surface area contributed by atoms with E-state index in [1.165, 1.54) is 11.0 Å². The van der Waals surface area contributed by atoms with Gasteiger partial charge in [0, 0.05) is 12.1 Å². The molecule has 0 fully saturated rings. The maximum absolute atomic E-state index is 12.8. The Kier molecular flexibility index (Phi) is 4.71. The van der Waals surface area contributed by atoms with Gasteiger partial charge in [-0.2, -0.15) is 13.2 Å². The van der Waals surface area contributed by atoms with Gasteiger partial charge in [-0.15, -0.1) is 0 Å². The van der Waals surface area contributed by atoms with E-state index in [0.717, 1.165) is 11.5 Å². The minimum Gasteiger partial charge on any atom is -0.434 e. The monoisotopic (exact) mass is 348 g/mol. The fourth-order valence-corrected chi connectivity index (χ4v) is 3.25. The lowest BCUT2D eigenvalue weighted by Gasteiger charge is -2.19. The van der Waals surface area contributed by atoms with Crippen LogP contribution in [0.3, 0.4) is 0 Å². The number of nitrogens with zero attached hydrogens (tertiary/aromatic N) is 2. The summed E-state index contributed by atoms with van der Waals surface area (Å²) < 4.78 is 34.9. The van der Waals surface area contributed by atoms with Crippen molar-refractivity contribution in [3.05, 3.63) is 54.1 Å². The zero-order valence-corrected chi connectivity index (χ0v) is 13.6. The number of rotatable bonds is 5. The van der Waals surface area contributed by atoms with E-state index >= 15 is 0 Å². The number of carbonyl (C=O) groups is 1. The zero-order valence-electron chi connectivity index (χ0n) is 12.8. The lowest BCUT2D eigenvalue weighted by atomic mass is 10.2. The second-order valence-corrected chi connectivity index (χ2v) is 5.73. The number of amides is 1. The van der Waals surface area contributed by atoms with Crippen molar-refractivity contribution in [2.24, 2.45) is 0 Å². The molecular weight excluding hydrogens is 334 g/mol. The Morgan fingerprint density at radius 1 is 1.21 bits per heavy atom. The Bertz CT molecular complexity index is 852. The van der Waals surface area contributed by atoms with Crippen LogP contribution >= 0.6 is 11.5 Å². The fourth-order valence-electron chi connectivity index (χ4n) is 2.45. The van der Waals surface area contributed by atoms with Crippen LogP contribution in [-0.4, -0.2) is 23.4 Å². The molecule has 0 saturated heterocycles. The van der Waals surface area contributed by atoms with E-state index in [1.54, 1.807) is 36.4 Å². The maximum Gasteiger partial charge on any atom is 0.387 e. The number of hydrogen-bond acceptors (Lipinski definition) is 4.